The van der Waals surface area contributed by atoms with Gasteiger partial charge < -0.3 is 10.1 Å². The number of rotatable bonds is 3. The van der Waals surface area contributed by atoms with Crippen molar-refractivity contribution in [3.05, 3.63) is 16.4 Å². The Morgan fingerprint density at radius 2 is 2.54 bits per heavy atom. The van der Waals surface area contributed by atoms with E-state index >= 15 is 0 Å². The van der Waals surface area contributed by atoms with Gasteiger partial charge in [0.25, 0.3) is 5.56 Å². The summed E-state index contributed by atoms with van der Waals surface area (Å²) >= 11 is 1.30. The Bertz CT molecular complexity index is 380. The first-order chi connectivity index (χ1) is 6.22. The lowest BCUT2D eigenvalue weighted by Crippen LogP contribution is -2.06. The topological polar surface area (TPSA) is 66.0 Å². The Morgan fingerprint density at radius 3 is 3.15 bits per heavy atom. The summed E-state index contributed by atoms with van der Waals surface area (Å²) in [5.41, 5.74) is -0.365. The smallest absolute Gasteiger partial charge is 0.255 e. The molecule has 2 N–H and O–H groups in total. The third-order valence-corrected chi connectivity index (χ3v) is 2.07. The number of terminal acetylenes is 1. The van der Waals surface area contributed by atoms with Crippen molar-refractivity contribution in [1.29, 1.82) is 0 Å². The van der Waals surface area contributed by atoms with Crippen molar-refractivity contribution in [3.8, 4) is 18.2 Å². The zero-order valence-electron chi connectivity index (χ0n) is 6.78. The average Bonchev–Trinajstić information content (AvgIpc) is 2.03. The number of hydrogen-bond donors (Lipinski definition) is 2. The molecule has 0 aliphatic rings. The van der Waals surface area contributed by atoms with E-state index in [4.69, 9.17) is 11.5 Å². The first kappa shape index (κ1) is 9.68. The molecule has 4 nitrogen and oxygen atoms in total. The molecular weight excluding hydrogens is 188 g/mol. The molecule has 1 heterocycles. The standard InChI is InChI=1S/C8H8N2O2S/c1-2-3-4-13-8-9-6(11)5-7(12)10-8/h1,5H,3-4H2,(H2,9,10,11,12). The zero-order valence-corrected chi connectivity index (χ0v) is 7.60. The van der Waals surface area contributed by atoms with Crippen molar-refractivity contribution in [1.82, 2.24) is 9.97 Å². The van der Waals surface area contributed by atoms with Crippen LogP contribution in [-0.2, 0) is 0 Å². The molecule has 0 radical (unpaired) electrons. The minimum Gasteiger partial charge on any atom is -0.493 e. The quantitative estimate of drug-likeness (QED) is 0.321. The molecule has 0 atom stereocenters. The minimum absolute atomic E-state index is 0.271. The van der Waals surface area contributed by atoms with E-state index in [0.717, 1.165) is 6.07 Å². The van der Waals surface area contributed by atoms with Crippen molar-refractivity contribution in [2.24, 2.45) is 0 Å². The fourth-order valence-corrected chi connectivity index (χ4v) is 1.44. The van der Waals surface area contributed by atoms with Gasteiger partial charge in [-0.05, 0) is 0 Å². The van der Waals surface area contributed by atoms with Crippen LogP contribution in [0.25, 0.3) is 0 Å². The molecule has 0 aliphatic heterocycles. The Labute approximate surface area is 79.4 Å². The Morgan fingerprint density at radius 1 is 1.77 bits per heavy atom. The van der Waals surface area contributed by atoms with E-state index in [9.17, 15) is 4.79 Å². The molecule has 13 heavy (non-hydrogen) atoms. The Balaban J connectivity index is 2.68. The van der Waals surface area contributed by atoms with Crippen LogP contribution in [0.2, 0.25) is 0 Å². The van der Waals surface area contributed by atoms with Crippen LogP contribution in [0.3, 0.4) is 0 Å². The molecule has 0 saturated heterocycles. The van der Waals surface area contributed by atoms with Gasteiger partial charge in [-0.25, -0.2) is 0 Å². The minimum atomic E-state index is -0.365. The van der Waals surface area contributed by atoms with Gasteiger partial charge in [-0.3, -0.25) is 4.79 Å². The summed E-state index contributed by atoms with van der Waals surface area (Å²) in [5, 5.41) is 9.35. The second kappa shape index (κ2) is 4.58. The molecule has 0 spiro atoms. The van der Waals surface area contributed by atoms with Crippen molar-refractivity contribution < 1.29 is 5.11 Å². The van der Waals surface area contributed by atoms with Crippen LogP contribution in [0, 0.1) is 12.3 Å². The number of H-pyrrole nitrogens is 1. The molecule has 0 bridgehead atoms. The molecule has 0 fully saturated rings. The number of thioether (sulfide) groups is 1. The summed E-state index contributed by atoms with van der Waals surface area (Å²) in [5.74, 6) is 2.86. The first-order valence-electron chi connectivity index (χ1n) is 3.59. The van der Waals surface area contributed by atoms with E-state index in [-0.39, 0.29) is 11.4 Å². The molecule has 5 heteroatoms. The molecule has 0 aromatic carbocycles. The number of aromatic nitrogens is 2. The van der Waals surface area contributed by atoms with Crippen molar-refractivity contribution >= 4 is 11.8 Å². The van der Waals surface area contributed by atoms with Gasteiger partial charge in [-0.2, -0.15) is 4.98 Å². The van der Waals surface area contributed by atoms with Crippen LogP contribution in [0.5, 0.6) is 5.88 Å². The van der Waals surface area contributed by atoms with E-state index < -0.39 is 0 Å². The van der Waals surface area contributed by atoms with Crippen LogP contribution in [0.15, 0.2) is 16.0 Å². The van der Waals surface area contributed by atoms with Crippen LogP contribution >= 0.6 is 11.8 Å². The lowest BCUT2D eigenvalue weighted by molar-refractivity contribution is 0.444. The molecule has 1 rings (SSSR count). The molecule has 0 aliphatic carbocycles. The maximum atomic E-state index is 10.8. The number of hydrogen-bond acceptors (Lipinski definition) is 4. The number of nitrogens with one attached hydrogen (secondary N) is 1. The summed E-state index contributed by atoms with van der Waals surface area (Å²) < 4.78 is 0. The molecule has 0 saturated carbocycles. The van der Waals surface area contributed by atoms with Gasteiger partial charge in [0.05, 0.1) is 6.07 Å². The van der Waals surface area contributed by atoms with E-state index in [2.05, 4.69) is 15.9 Å². The highest BCUT2D eigenvalue weighted by Crippen LogP contribution is 2.13. The SMILES string of the molecule is C#CCCSc1nc(O)cc(=O)[nH]1. The highest BCUT2D eigenvalue weighted by Gasteiger charge is 1.99. The van der Waals surface area contributed by atoms with E-state index in [1.54, 1.807) is 0 Å². The van der Waals surface area contributed by atoms with E-state index in [0.29, 0.717) is 17.3 Å². The van der Waals surface area contributed by atoms with E-state index in [1.165, 1.54) is 11.8 Å². The maximum Gasteiger partial charge on any atom is 0.255 e. The Kier molecular flexibility index (Phi) is 3.41. The monoisotopic (exact) mass is 196 g/mol. The summed E-state index contributed by atoms with van der Waals surface area (Å²) in [4.78, 5) is 17.0. The summed E-state index contributed by atoms with van der Waals surface area (Å²) in [6.07, 6.45) is 5.65. The molecule has 0 unspecified atom stereocenters. The van der Waals surface area contributed by atoms with Crippen molar-refractivity contribution in [2.75, 3.05) is 5.75 Å². The van der Waals surface area contributed by atoms with Crippen molar-refractivity contribution in [2.45, 2.75) is 11.6 Å². The molecule has 1 aromatic heterocycles. The fraction of sp³-hybridized carbons (Fsp3) is 0.250. The van der Waals surface area contributed by atoms with Gasteiger partial charge in [-0.1, -0.05) is 11.8 Å². The van der Waals surface area contributed by atoms with Crippen LogP contribution < -0.4 is 5.56 Å². The maximum absolute atomic E-state index is 10.8. The number of aromatic amines is 1. The largest absolute Gasteiger partial charge is 0.493 e. The highest BCUT2D eigenvalue weighted by atomic mass is 32.2. The van der Waals surface area contributed by atoms with Crippen molar-refractivity contribution in [3.63, 3.8) is 0 Å². The summed E-state index contributed by atoms with van der Waals surface area (Å²) in [7, 11) is 0. The Hall–Kier alpha value is -1.41. The predicted molar refractivity (Wildman–Crippen MR) is 50.7 cm³/mol. The fourth-order valence-electron chi connectivity index (χ4n) is 0.698. The van der Waals surface area contributed by atoms with Gasteiger partial charge in [0.2, 0.25) is 5.88 Å². The first-order valence-corrected chi connectivity index (χ1v) is 4.57. The van der Waals surface area contributed by atoms with Gasteiger partial charge in [-0.15, -0.1) is 12.3 Å². The van der Waals surface area contributed by atoms with Gasteiger partial charge in [0, 0.05) is 12.2 Å². The third-order valence-electron chi connectivity index (χ3n) is 1.19. The normalized spacial score (nSPS) is 9.46. The van der Waals surface area contributed by atoms with Crippen LogP contribution in [0.1, 0.15) is 6.42 Å². The number of aromatic hydroxyl groups is 1. The lowest BCUT2D eigenvalue weighted by Gasteiger charge is -1.97. The van der Waals surface area contributed by atoms with Crippen LogP contribution in [-0.4, -0.2) is 20.8 Å². The third kappa shape index (κ3) is 3.22. The van der Waals surface area contributed by atoms with E-state index in [1.807, 2.05) is 0 Å². The predicted octanol–water partition coefficient (Wildman–Crippen LogP) is 0.591. The van der Waals surface area contributed by atoms with Gasteiger partial charge >= 0.3 is 0 Å². The molecule has 1 aromatic rings. The summed E-state index contributed by atoms with van der Waals surface area (Å²) in [6.45, 7) is 0. The molecule has 68 valence electrons. The number of nitrogens with zero attached hydrogens (tertiary/aromatic N) is 1. The average molecular weight is 196 g/mol. The summed E-state index contributed by atoms with van der Waals surface area (Å²) in [6, 6.07) is 1.02. The zero-order chi connectivity index (χ0) is 9.68. The lowest BCUT2D eigenvalue weighted by atomic mass is 10.5. The second-order valence-electron chi connectivity index (χ2n) is 2.21. The molecular formula is C8H8N2O2S. The van der Waals surface area contributed by atoms with Crippen LogP contribution in [0.4, 0.5) is 0 Å². The second-order valence-corrected chi connectivity index (χ2v) is 3.29. The van der Waals surface area contributed by atoms with Gasteiger partial charge in [0.15, 0.2) is 5.16 Å². The van der Waals surface area contributed by atoms with Gasteiger partial charge in [0.1, 0.15) is 0 Å². The molecule has 0 amide bonds. The highest BCUT2D eigenvalue weighted by molar-refractivity contribution is 7.99.